The molecule has 0 bridgehead atoms. The molecule has 1 atom stereocenters. The second-order valence-electron chi connectivity index (χ2n) is 4.90. The summed E-state index contributed by atoms with van der Waals surface area (Å²) in [6.07, 6.45) is 8.35. The second kappa shape index (κ2) is 8.79. The molecule has 0 saturated heterocycles. The monoisotopic (exact) mass is 287 g/mol. The van der Waals surface area contributed by atoms with Crippen LogP contribution >= 0.6 is 23.2 Å². The molecule has 1 rings (SSSR count). The zero-order chi connectivity index (χ0) is 13.4. The average molecular weight is 288 g/mol. The van der Waals surface area contributed by atoms with Crippen molar-refractivity contribution in [3.8, 4) is 0 Å². The van der Waals surface area contributed by atoms with E-state index in [0.717, 1.165) is 23.4 Å². The maximum atomic E-state index is 6.14. The van der Waals surface area contributed by atoms with Crippen LogP contribution in [0.1, 0.15) is 51.0 Å². The molecule has 0 aliphatic heterocycles. The third-order valence-electron chi connectivity index (χ3n) is 3.18. The summed E-state index contributed by atoms with van der Waals surface area (Å²) in [5.74, 6) is 0. The molecule has 0 saturated carbocycles. The number of hydrogen-bond acceptors (Lipinski definition) is 1. The SMILES string of the molecule is CCCCCCCC(N)Cc1ccc(Cl)cc1Cl. The summed E-state index contributed by atoms with van der Waals surface area (Å²) >= 11 is 12.0. The molecule has 2 N–H and O–H groups in total. The Morgan fingerprint density at radius 2 is 1.83 bits per heavy atom. The van der Waals surface area contributed by atoms with Gasteiger partial charge in [0.25, 0.3) is 0 Å². The number of rotatable bonds is 8. The van der Waals surface area contributed by atoms with Crippen molar-refractivity contribution in [2.75, 3.05) is 0 Å². The van der Waals surface area contributed by atoms with Gasteiger partial charge in [-0.25, -0.2) is 0 Å². The highest BCUT2D eigenvalue weighted by molar-refractivity contribution is 6.35. The fourth-order valence-electron chi connectivity index (χ4n) is 2.08. The van der Waals surface area contributed by atoms with Gasteiger partial charge in [0.15, 0.2) is 0 Å². The molecule has 0 spiro atoms. The molecule has 1 unspecified atom stereocenters. The van der Waals surface area contributed by atoms with E-state index in [1.165, 1.54) is 32.1 Å². The largest absolute Gasteiger partial charge is 0.327 e. The molecule has 1 nitrogen and oxygen atoms in total. The summed E-state index contributed by atoms with van der Waals surface area (Å²) < 4.78 is 0. The number of nitrogens with two attached hydrogens (primary N) is 1. The van der Waals surface area contributed by atoms with Crippen LogP contribution in [0.2, 0.25) is 10.0 Å². The van der Waals surface area contributed by atoms with Crippen LogP contribution in [0.3, 0.4) is 0 Å². The van der Waals surface area contributed by atoms with Crippen LogP contribution < -0.4 is 5.73 Å². The molecule has 18 heavy (non-hydrogen) atoms. The van der Waals surface area contributed by atoms with Crippen molar-refractivity contribution in [3.63, 3.8) is 0 Å². The number of unbranched alkanes of at least 4 members (excludes halogenated alkanes) is 4. The van der Waals surface area contributed by atoms with Gasteiger partial charge in [-0.1, -0.05) is 68.3 Å². The maximum Gasteiger partial charge on any atom is 0.0453 e. The molecule has 0 aliphatic rings. The second-order valence-corrected chi connectivity index (χ2v) is 5.75. The number of hydrogen-bond donors (Lipinski definition) is 1. The van der Waals surface area contributed by atoms with Crippen LogP contribution in [0, 0.1) is 0 Å². The van der Waals surface area contributed by atoms with Crippen molar-refractivity contribution < 1.29 is 0 Å². The third kappa shape index (κ3) is 6.08. The Morgan fingerprint density at radius 1 is 1.11 bits per heavy atom. The van der Waals surface area contributed by atoms with Gasteiger partial charge in [0, 0.05) is 16.1 Å². The van der Waals surface area contributed by atoms with Crippen LogP contribution in [0.5, 0.6) is 0 Å². The molecule has 0 aliphatic carbocycles. The lowest BCUT2D eigenvalue weighted by molar-refractivity contribution is 0.538. The summed E-state index contributed by atoms with van der Waals surface area (Å²) in [5, 5.41) is 1.40. The minimum absolute atomic E-state index is 0.199. The van der Waals surface area contributed by atoms with E-state index in [2.05, 4.69) is 6.92 Å². The van der Waals surface area contributed by atoms with E-state index in [0.29, 0.717) is 5.02 Å². The highest BCUT2D eigenvalue weighted by Gasteiger charge is 2.07. The molecule has 0 aromatic heterocycles. The zero-order valence-electron chi connectivity index (χ0n) is 11.1. The van der Waals surface area contributed by atoms with Gasteiger partial charge in [-0.05, 0) is 30.5 Å². The summed E-state index contributed by atoms with van der Waals surface area (Å²) in [6, 6.07) is 5.83. The first-order valence-corrected chi connectivity index (χ1v) is 7.58. The lowest BCUT2D eigenvalue weighted by Crippen LogP contribution is -2.22. The number of benzene rings is 1. The third-order valence-corrected chi connectivity index (χ3v) is 3.76. The Labute approximate surface area is 121 Å². The topological polar surface area (TPSA) is 26.0 Å². The highest BCUT2D eigenvalue weighted by Crippen LogP contribution is 2.22. The smallest absolute Gasteiger partial charge is 0.0453 e. The lowest BCUT2D eigenvalue weighted by atomic mass is 10.0. The van der Waals surface area contributed by atoms with Crippen LogP contribution in [0.25, 0.3) is 0 Å². The van der Waals surface area contributed by atoms with Gasteiger partial charge < -0.3 is 5.73 Å². The van der Waals surface area contributed by atoms with Gasteiger partial charge >= 0.3 is 0 Å². The van der Waals surface area contributed by atoms with Crippen molar-refractivity contribution in [2.45, 2.75) is 57.9 Å². The standard InChI is InChI=1S/C15H23Cl2N/c1-2-3-4-5-6-7-14(18)10-12-8-9-13(16)11-15(12)17/h8-9,11,14H,2-7,10,18H2,1H3. The minimum atomic E-state index is 0.199. The molecule has 0 heterocycles. The molecular formula is C15H23Cl2N. The molecular weight excluding hydrogens is 265 g/mol. The fraction of sp³-hybridized carbons (Fsp3) is 0.600. The highest BCUT2D eigenvalue weighted by atomic mass is 35.5. The van der Waals surface area contributed by atoms with Crippen molar-refractivity contribution >= 4 is 23.2 Å². The molecule has 0 fully saturated rings. The van der Waals surface area contributed by atoms with E-state index >= 15 is 0 Å². The van der Waals surface area contributed by atoms with E-state index < -0.39 is 0 Å². The van der Waals surface area contributed by atoms with Gasteiger partial charge in [0.1, 0.15) is 0 Å². The van der Waals surface area contributed by atoms with Crippen LogP contribution in [0.15, 0.2) is 18.2 Å². The van der Waals surface area contributed by atoms with Gasteiger partial charge in [0.05, 0.1) is 0 Å². The van der Waals surface area contributed by atoms with E-state index in [-0.39, 0.29) is 6.04 Å². The molecule has 0 amide bonds. The Bertz CT molecular complexity index is 352. The molecule has 1 aromatic carbocycles. The van der Waals surface area contributed by atoms with Gasteiger partial charge in [0.2, 0.25) is 0 Å². The summed E-state index contributed by atoms with van der Waals surface area (Å²) in [5.41, 5.74) is 7.23. The number of halogens is 2. The van der Waals surface area contributed by atoms with Crippen molar-refractivity contribution in [2.24, 2.45) is 5.73 Å². The maximum absolute atomic E-state index is 6.14. The van der Waals surface area contributed by atoms with Gasteiger partial charge in [-0.3, -0.25) is 0 Å². The minimum Gasteiger partial charge on any atom is -0.327 e. The first kappa shape index (κ1) is 15.8. The molecule has 0 radical (unpaired) electrons. The molecule has 3 heteroatoms. The van der Waals surface area contributed by atoms with Crippen LogP contribution in [-0.4, -0.2) is 6.04 Å². The quantitative estimate of drug-likeness (QED) is 0.652. The van der Waals surface area contributed by atoms with Gasteiger partial charge in [-0.2, -0.15) is 0 Å². The Balaban J connectivity index is 2.28. The fourth-order valence-corrected chi connectivity index (χ4v) is 2.57. The van der Waals surface area contributed by atoms with Gasteiger partial charge in [-0.15, -0.1) is 0 Å². The van der Waals surface area contributed by atoms with Crippen molar-refractivity contribution in [1.29, 1.82) is 0 Å². The summed E-state index contributed by atoms with van der Waals surface area (Å²) in [6.45, 7) is 2.23. The van der Waals surface area contributed by atoms with Crippen molar-refractivity contribution in [3.05, 3.63) is 33.8 Å². The zero-order valence-corrected chi connectivity index (χ0v) is 12.6. The van der Waals surface area contributed by atoms with Crippen LogP contribution in [0.4, 0.5) is 0 Å². The normalized spacial score (nSPS) is 12.7. The Kier molecular flexibility index (Phi) is 7.73. The van der Waals surface area contributed by atoms with E-state index in [1.54, 1.807) is 6.07 Å². The van der Waals surface area contributed by atoms with E-state index in [1.807, 2.05) is 12.1 Å². The molecule has 1 aromatic rings. The first-order chi connectivity index (χ1) is 8.63. The Morgan fingerprint density at radius 3 is 2.50 bits per heavy atom. The van der Waals surface area contributed by atoms with E-state index in [4.69, 9.17) is 28.9 Å². The molecule has 102 valence electrons. The lowest BCUT2D eigenvalue weighted by Gasteiger charge is -2.12. The predicted molar refractivity (Wildman–Crippen MR) is 81.5 cm³/mol. The van der Waals surface area contributed by atoms with E-state index in [9.17, 15) is 0 Å². The van der Waals surface area contributed by atoms with Crippen molar-refractivity contribution in [1.82, 2.24) is 0 Å². The Hall–Kier alpha value is -0.240. The first-order valence-electron chi connectivity index (χ1n) is 6.83. The summed E-state index contributed by atoms with van der Waals surface area (Å²) in [7, 11) is 0. The average Bonchev–Trinajstić information content (AvgIpc) is 2.32. The van der Waals surface area contributed by atoms with Crippen LogP contribution in [-0.2, 0) is 6.42 Å². The predicted octanol–water partition coefficient (Wildman–Crippen LogP) is 5.22. The summed E-state index contributed by atoms with van der Waals surface area (Å²) in [4.78, 5) is 0.